The fourth-order valence-corrected chi connectivity index (χ4v) is 4.48. The molecule has 35 heavy (non-hydrogen) atoms. The molecule has 0 heterocycles. The lowest BCUT2D eigenvalue weighted by molar-refractivity contribution is -0.149. The molecule has 0 fully saturated rings. The molecule has 0 bridgehead atoms. The van der Waals surface area contributed by atoms with Gasteiger partial charge >= 0.3 is 11.9 Å². The summed E-state index contributed by atoms with van der Waals surface area (Å²) in [6, 6.07) is 8.99. The number of para-hydroxylation sites is 1. The highest BCUT2D eigenvalue weighted by atomic mass is 32.2. The van der Waals surface area contributed by atoms with Crippen molar-refractivity contribution >= 4 is 22.1 Å². The molecule has 0 saturated heterocycles. The summed E-state index contributed by atoms with van der Waals surface area (Å²) in [5.74, 6) is -2.24. The van der Waals surface area contributed by atoms with Crippen LogP contribution in [0.3, 0.4) is 0 Å². The topological polar surface area (TPSA) is 127 Å². The monoisotopic (exact) mass is 514 g/mol. The molecule has 200 valence electrons. The van der Waals surface area contributed by atoms with Gasteiger partial charge in [0.2, 0.25) is 0 Å². The third kappa shape index (κ3) is 15.5. The van der Waals surface area contributed by atoms with Crippen molar-refractivity contribution in [3.8, 4) is 5.75 Å². The number of esters is 1. The highest BCUT2D eigenvalue weighted by molar-refractivity contribution is 7.87. The smallest absolute Gasteiger partial charge is 0.327 e. The minimum atomic E-state index is -4.90. The van der Waals surface area contributed by atoms with Crippen LogP contribution in [0, 0.1) is 0 Å². The molecule has 8 nitrogen and oxygen atoms in total. The predicted molar refractivity (Wildman–Crippen MR) is 135 cm³/mol. The number of hydrogen-bond donors (Lipinski definition) is 2. The summed E-state index contributed by atoms with van der Waals surface area (Å²) < 4.78 is 43.0. The molecule has 0 radical (unpaired) electrons. The Morgan fingerprint density at radius 1 is 0.857 bits per heavy atom. The third-order valence-electron chi connectivity index (χ3n) is 5.82. The van der Waals surface area contributed by atoms with Gasteiger partial charge in [-0.1, -0.05) is 95.8 Å². The minimum absolute atomic E-state index is 0.239. The van der Waals surface area contributed by atoms with Crippen LogP contribution in [0.25, 0.3) is 0 Å². The number of hydrogen-bond acceptors (Lipinski definition) is 6. The highest BCUT2D eigenvalue weighted by Crippen LogP contribution is 2.18. The maximum Gasteiger partial charge on any atom is 0.327 e. The van der Waals surface area contributed by atoms with E-state index in [2.05, 4.69) is 6.92 Å². The molecule has 1 aromatic carbocycles. The van der Waals surface area contributed by atoms with E-state index in [0.29, 0.717) is 12.2 Å². The van der Waals surface area contributed by atoms with Gasteiger partial charge in [0.1, 0.15) is 18.5 Å². The molecular weight excluding hydrogens is 472 g/mol. The van der Waals surface area contributed by atoms with Crippen LogP contribution in [0.5, 0.6) is 5.75 Å². The van der Waals surface area contributed by atoms with Crippen LogP contribution in [0.2, 0.25) is 0 Å². The van der Waals surface area contributed by atoms with Crippen LogP contribution in [-0.4, -0.2) is 48.0 Å². The van der Waals surface area contributed by atoms with Gasteiger partial charge in [0.25, 0.3) is 10.1 Å². The standard InChI is InChI=1S/C26H42O8S/c1-2-3-4-5-6-7-8-9-10-11-12-14-19-23(34-22-17-15-13-16-18-22)21-33-26(29)24(20-25(27)28)35(30,31)32/h13,15-18,23-24H,2-12,14,19-21H2,1H3,(H,27,28)(H,30,31,32). The molecule has 0 amide bonds. The van der Waals surface area contributed by atoms with Crippen LogP contribution in [0.15, 0.2) is 30.3 Å². The summed E-state index contributed by atoms with van der Waals surface area (Å²) >= 11 is 0. The second-order valence-electron chi connectivity index (χ2n) is 8.96. The van der Waals surface area contributed by atoms with E-state index in [-0.39, 0.29) is 6.61 Å². The maximum absolute atomic E-state index is 12.2. The van der Waals surface area contributed by atoms with Gasteiger partial charge in [0, 0.05) is 0 Å². The van der Waals surface area contributed by atoms with Crippen LogP contribution in [0.1, 0.15) is 96.8 Å². The number of carboxylic acids is 1. The first kappa shape index (κ1) is 30.9. The van der Waals surface area contributed by atoms with E-state index in [1.165, 1.54) is 57.8 Å². The molecule has 0 saturated carbocycles. The number of carboxylic acid groups (broad SMARTS) is 1. The zero-order valence-electron chi connectivity index (χ0n) is 20.9. The normalized spacial score (nSPS) is 13.2. The molecule has 2 unspecified atom stereocenters. The first-order valence-electron chi connectivity index (χ1n) is 12.8. The van der Waals surface area contributed by atoms with Crippen LogP contribution in [0.4, 0.5) is 0 Å². The van der Waals surface area contributed by atoms with Crippen molar-refractivity contribution in [2.24, 2.45) is 0 Å². The van der Waals surface area contributed by atoms with E-state index in [0.717, 1.165) is 19.3 Å². The lowest BCUT2D eigenvalue weighted by Gasteiger charge is -2.20. The van der Waals surface area contributed by atoms with Crippen molar-refractivity contribution in [1.29, 1.82) is 0 Å². The first-order valence-corrected chi connectivity index (χ1v) is 14.3. The molecule has 2 atom stereocenters. The minimum Gasteiger partial charge on any atom is -0.487 e. The van der Waals surface area contributed by atoms with Crippen molar-refractivity contribution in [1.82, 2.24) is 0 Å². The zero-order valence-corrected chi connectivity index (χ0v) is 21.7. The van der Waals surface area contributed by atoms with E-state index >= 15 is 0 Å². The Labute approximate surface area is 210 Å². The molecule has 0 aliphatic rings. The number of aliphatic carboxylic acids is 1. The van der Waals surface area contributed by atoms with E-state index in [1.54, 1.807) is 12.1 Å². The quantitative estimate of drug-likeness (QED) is 0.120. The number of benzene rings is 1. The van der Waals surface area contributed by atoms with Crippen LogP contribution >= 0.6 is 0 Å². The molecule has 1 aromatic rings. The Balaban J connectivity index is 2.42. The van der Waals surface area contributed by atoms with Crippen molar-refractivity contribution < 1.29 is 37.1 Å². The third-order valence-corrected chi connectivity index (χ3v) is 6.90. The highest BCUT2D eigenvalue weighted by Gasteiger charge is 2.35. The summed E-state index contributed by atoms with van der Waals surface area (Å²) in [6.07, 6.45) is 13.6. The molecule has 1 rings (SSSR count). The Morgan fingerprint density at radius 2 is 1.37 bits per heavy atom. The first-order chi connectivity index (χ1) is 16.7. The summed E-state index contributed by atoms with van der Waals surface area (Å²) in [5, 5.41) is 6.68. The number of unbranched alkanes of at least 4 members (excludes halogenated alkanes) is 11. The van der Waals surface area contributed by atoms with Crippen LogP contribution in [-0.2, 0) is 24.4 Å². The second kappa shape index (κ2) is 18.2. The Hall–Kier alpha value is -2.13. The summed E-state index contributed by atoms with van der Waals surface area (Å²) in [6.45, 7) is 1.99. The lowest BCUT2D eigenvalue weighted by Crippen LogP contribution is -2.36. The van der Waals surface area contributed by atoms with E-state index in [1.807, 2.05) is 18.2 Å². The summed E-state index contributed by atoms with van der Waals surface area (Å²) in [4.78, 5) is 23.0. The molecule has 9 heteroatoms. The molecule has 0 aliphatic heterocycles. The number of carbonyl (C=O) groups is 2. The number of rotatable bonds is 21. The van der Waals surface area contributed by atoms with Gasteiger partial charge in [-0.2, -0.15) is 8.42 Å². The molecule has 0 spiro atoms. The molecule has 0 aliphatic carbocycles. The van der Waals surface area contributed by atoms with E-state index in [4.69, 9.17) is 14.6 Å². The van der Waals surface area contributed by atoms with Gasteiger partial charge in [-0.3, -0.25) is 14.1 Å². The predicted octanol–water partition coefficient (Wildman–Crippen LogP) is 5.80. The van der Waals surface area contributed by atoms with Gasteiger partial charge in [0.05, 0.1) is 6.42 Å². The average Bonchev–Trinajstić information content (AvgIpc) is 2.81. The van der Waals surface area contributed by atoms with Gasteiger partial charge in [-0.25, -0.2) is 0 Å². The molecule has 0 aromatic heterocycles. The lowest BCUT2D eigenvalue weighted by atomic mass is 10.0. The Bertz CT molecular complexity index is 810. The second-order valence-corrected chi connectivity index (χ2v) is 10.6. The number of carbonyl (C=O) groups excluding carboxylic acids is 1. The zero-order chi connectivity index (χ0) is 25.9. The van der Waals surface area contributed by atoms with E-state index < -0.39 is 39.8 Å². The average molecular weight is 515 g/mol. The van der Waals surface area contributed by atoms with Gasteiger partial charge in [-0.15, -0.1) is 0 Å². The van der Waals surface area contributed by atoms with Crippen molar-refractivity contribution in [3.63, 3.8) is 0 Å². The fraction of sp³-hybridized carbons (Fsp3) is 0.692. The Kier molecular flexibility index (Phi) is 16.1. The fourth-order valence-electron chi connectivity index (χ4n) is 3.82. The van der Waals surface area contributed by atoms with Crippen molar-refractivity contribution in [2.45, 2.75) is 108 Å². The van der Waals surface area contributed by atoms with Crippen molar-refractivity contribution in [3.05, 3.63) is 30.3 Å². The summed E-state index contributed by atoms with van der Waals surface area (Å²) in [7, 11) is -4.90. The van der Waals surface area contributed by atoms with Crippen LogP contribution < -0.4 is 4.74 Å². The molecule has 2 N–H and O–H groups in total. The van der Waals surface area contributed by atoms with E-state index in [9.17, 15) is 22.6 Å². The summed E-state index contributed by atoms with van der Waals surface area (Å²) in [5.41, 5.74) is 0. The maximum atomic E-state index is 12.2. The Morgan fingerprint density at radius 3 is 1.86 bits per heavy atom. The number of ether oxygens (including phenoxy) is 2. The SMILES string of the molecule is CCCCCCCCCCCCCCC(COC(=O)C(CC(=O)O)S(=O)(=O)O)Oc1ccccc1. The van der Waals surface area contributed by atoms with Crippen molar-refractivity contribution in [2.75, 3.05) is 6.61 Å². The van der Waals surface area contributed by atoms with Gasteiger partial charge < -0.3 is 14.6 Å². The largest absolute Gasteiger partial charge is 0.487 e. The van der Waals surface area contributed by atoms with Gasteiger partial charge in [0.15, 0.2) is 5.25 Å². The molecular formula is C26H42O8S. The van der Waals surface area contributed by atoms with Gasteiger partial charge in [-0.05, 0) is 25.0 Å².